The van der Waals surface area contributed by atoms with Crippen LogP contribution in [0.3, 0.4) is 0 Å². The number of nitrogens with one attached hydrogen (secondary N) is 1. The van der Waals surface area contributed by atoms with E-state index in [1.54, 1.807) is 0 Å². The summed E-state index contributed by atoms with van der Waals surface area (Å²) in [4.78, 5) is 12.0. The predicted octanol–water partition coefficient (Wildman–Crippen LogP) is 2.48. The number of rotatable bonds is 5. The average molecular weight is 248 g/mol. The van der Waals surface area contributed by atoms with E-state index in [1.165, 1.54) is 0 Å². The summed E-state index contributed by atoms with van der Waals surface area (Å²) in [5.74, 6) is 0.400. The van der Waals surface area contributed by atoms with Gasteiger partial charge in [0.15, 0.2) is 0 Å². The Hall–Kier alpha value is -1.35. The minimum atomic E-state index is -0.449. The fourth-order valence-electron chi connectivity index (χ4n) is 1.85. The zero-order valence-corrected chi connectivity index (χ0v) is 11.7. The van der Waals surface area contributed by atoms with E-state index in [9.17, 15) is 4.79 Å². The van der Waals surface area contributed by atoms with Crippen LogP contribution in [0, 0.1) is 11.8 Å². The summed E-state index contributed by atoms with van der Waals surface area (Å²) in [6.45, 7) is 8.10. The lowest BCUT2D eigenvalue weighted by atomic mass is 9.95. The zero-order chi connectivity index (χ0) is 13.7. The number of hydrogen-bond acceptors (Lipinski definition) is 2. The molecule has 1 aromatic carbocycles. The van der Waals surface area contributed by atoms with E-state index in [1.807, 2.05) is 44.2 Å². The Labute approximate surface area is 110 Å². The van der Waals surface area contributed by atoms with Crippen molar-refractivity contribution in [1.82, 2.24) is 5.32 Å². The normalized spacial score (nSPS) is 14.6. The first kappa shape index (κ1) is 14.7. The summed E-state index contributed by atoms with van der Waals surface area (Å²) in [6, 6.07) is 9.58. The molecule has 1 unspecified atom stereocenters. The van der Waals surface area contributed by atoms with Crippen LogP contribution in [0.2, 0.25) is 0 Å². The Balaban J connectivity index is 2.80. The van der Waals surface area contributed by atoms with E-state index in [2.05, 4.69) is 19.2 Å². The van der Waals surface area contributed by atoms with Crippen LogP contribution in [0.15, 0.2) is 30.3 Å². The minimum absolute atomic E-state index is 0.0171. The summed E-state index contributed by atoms with van der Waals surface area (Å²) < 4.78 is 0. The fourth-order valence-corrected chi connectivity index (χ4v) is 1.85. The van der Waals surface area contributed by atoms with Crippen molar-refractivity contribution in [2.45, 2.75) is 39.8 Å². The predicted molar refractivity (Wildman–Crippen MR) is 75.0 cm³/mol. The van der Waals surface area contributed by atoms with Crippen LogP contribution in [-0.4, -0.2) is 11.9 Å². The van der Waals surface area contributed by atoms with Gasteiger partial charge in [-0.05, 0) is 17.4 Å². The Kier molecular flexibility index (Phi) is 5.35. The first-order chi connectivity index (χ1) is 8.43. The molecule has 2 atom stereocenters. The molecule has 18 heavy (non-hydrogen) atoms. The highest BCUT2D eigenvalue weighted by Gasteiger charge is 2.23. The van der Waals surface area contributed by atoms with E-state index >= 15 is 0 Å². The number of carbonyl (C=O) groups excluding carboxylic acids is 1. The highest BCUT2D eigenvalue weighted by molar-refractivity contribution is 5.82. The standard InChI is InChI=1S/C15H24N2O/c1-10(2)13(16)15(18)17-14(11(3)4)12-8-6-5-7-9-12/h5-11,13-14H,16H2,1-4H3,(H,17,18)/t13-,14?/m1/s1. The Morgan fingerprint density at radius 3 is 2.06 bits per heavy atom. The average Bonchev–Trinajstić information content (AvgIpc) is 2.35. The van der Waals surface area contributed by atoms with Crippen molar-refractivity contribution < 1.29 is 4.79 Å². The van der Waals surface area contributed by atoms with Crippen LogP contribution in [0.4, 0.5) is 0 Å². The van der Waals surface area contributed by atoms with Gasteiger partial charge in [-0.2, -0.15) is 0 Å². The summed E-state index contributed by atoms with van der Waals surface area (Å²) in [6.07, 6.45) is 0. The molecule has 1 amide bonds. The topological polar surface area (TPSA) is 55.1 Å². The van der Waals surface area contributed by atoms with E-state index < -0.39 is 6.04 Å². The fraction of sp³-hybridized carbons (Fsp3) is 0.533. The molecule has 0 aliphatic heterocycles. The second-order valence-corrected chi connectivity index (χ2v) is 5.41. The molecular weight excluding hydrogens is 224 g/mol. The van der Waals surface area contributed by atoms with E-state index in [0.29, 0.717) is 5.92 Å². The molecule has 100 valence electrons. The molecule has 0 heterocycles. The molecule has 3 N–H and O–H groups in total. The maximum atomic E-state index is 12.0. The van der Waals surface area contributed by atoms with Crippen LogP contribution in [0.5, 0.6) is 0 Å². The quantitative estimate of drug-likeness (QED) is 0.841. The first-order valence-corrected chi connectivity index (χ1v) is 6.54. The molecule has 0 radical (unpaired) electrons. The maximum absolute atomic E-state index is 12.0. The third-order valence-electron chi connectivity index (χ3n) is 3.14. The molecule has 0 aliphatic rings. The molecule has 0 spiro atoms. The molecular formula is C15H24N2O. The SMILES string of the molecule is CC(C)C(NC(=O)[C@H](N)C(C)C)c1ccccc1. The highest BCUT2D eigenvalue weighted by Crippen LogP contribution is 2.21. The summed E-state index contributed by atoms with van der Waals surface area (Å²) in [7, 11) is 0. The van der Waals surface area contributed by atoms with E-state index in [0.717, 1.165) is 5.56 Å². The molecule has 0 saturated carbocycles. The lowest BCUT2D eigenvalue weighted by molar-refractivity contribution is -0.124. The van der Waals surface area contributed by atoms with Crippen LogP contribution >= 0.6 is 0 Å². The first-order valence-electron chi connectivity index (χ1n) is 6.54. The van der Waals surface area contributed by atoms with Crippen LogP contribution in [-0.2, 0) is 4.79 Å². The van der Waals surface area contributed by atoms with Gasteiger partial charge in [0.05, 0.1) is 12.1 Å². The maximum Gasteiger partial charge on any atom is 0.237 e. The minimum Gasteiger partial charge on any atom is -0.348 e. The molecule has 3 nitrogen and oxygen atoms in total. The molecule has 0 bridgehead atoms. The zero-order valence-electron chi connectivity index (χ0n) is 11.7. The molecule has 1 rings (SSSR count). The van der Waals surface area contributed by atoms with Gasteiger partial charge in [0.25, 0.3) is 0 Å². The Bertz CT molecular complexity index is 373. The lowest BCUT2D eigenvalue weighted by Crippen LogP contribution is -2.46. The number of hydrogen-bond donors (Lipinski definition) is 2. The van der Waals surface area contributed by atoms with Gasteiger partial charge in [-0.15, -0.1) is 0 Å². The van der Waals surface area contributed by atoms with Gasteiger partial charge in [0.1, 0.15) is 0 Å². The summed E-state index contributed by atoms with van der Waals surface area (Å²) in [5.41, 5.74) is 7.00. The number of carbonyl (C=O) groups is 1. The van der Waals surface area contributed by atoms with E-state index in [4.69, 9.17) is 5.73 Å². The van der Waals surface area contributed by atoms with Gasteiger partial charge >= 0.3 is 0 Å². The molecule has 1 aromatic rings. The third kappa shape index (κ3) is 3.84. The van der Waals surface area contributed by atoms with Crippen molar-refractivity contribution in [3.05, 3.63) is 35.9 Å². The Morgan fingerprint density at radius 1 is 1.06 bits per heavy atom. The van der Waals surface area contributed by atoms with Crippen LogP contribution in [0.25, 0.3) is 0 Å². The second-order valence-electron chi connectivity index (χ2n) is 5.41. The van der Waals surface area contributed by atoms with Gasteiger partial charge < -0.3 is 11.1 Å². The molecule has 3 heteroatoms. The van der Waals surface area contributed by atoms with Gasteiger partial charge in [0.2, 0.25) is 5.91 Å². The molecule has 0 fully saturated rings. The van der Waals surface area contributed by atoms with Crippen molar-refractivity contribution in [2.75, 3.05) is 0 Å². The third-order valence-corrected chi connectivity index (χ3v) is 3.14. The van der Waals surface area contributed by atoms with Gasteiger partial charge in [-0.3, -0.25) is 4.79 Å². The largest absolute Gasteiger partial charge is 0.348 e. The van der Waals surface area contributed by atoms with Crippen molar-refractivity contribution in [3.63, 3.8) is 0 Å². The van der Waals surface area contributed by atoms with Crippen molar-refractivity contribution >= 4 is 5.91 Å². The number of benzene rings is 1. The van der Waals surface area contributed by atoms with Crippen molar-refractivity contribution in [1.29, 1.82) is 0 Å². The molecule has 0 aliphatic carbocycles. The Morgan fingerprint density at radius 2 is 1.61 bits per heavy atom. The monoisotopic (exact) mass is 248 g/mol. The van der Waals surface area contributed by atoms with Crippen molar-refractivity contribution in [3.8, 4) is 0 Å². The van der Waals surface area contributed by atoms with Gasteiger partial charge in [-0.1, -0.05) is 58.0 Å². The number of amides is 1. The molecule has 0 saturated heterocycles. The van der Waals surface area contributed by atoms with Gasteiger partial charge in [-0.25, -0.2) is 0 Å². The summed E-state index contributed by atoms with van der Waals surface area (Å²) in [5, 5.41) is 3.05. The van der Waals surface area contributed by atoms with Crippen LogP contribution < -0.4 is 11.1 Å². The summed E-state index contributed by atoms with van der Waals surface area (Å²) >= 11 is 0. The number of nitrogens with two attached hydrogens (primary N) is 1. The second kappa shape index (κ2) is 6.55. The lowest BCUT2D eigenvalue weighted by Gasteiger charge is -2.25. The van der Waals surface area contributed by atoms with Crippen molar-refractivity contribution in [2.24, 2.45) is 17.6 Å². The molecule has 0 aromatic heterocycles. The smallest absolute Gasteiger partial charge is 0.237 e. The van der Waals surface area contributed by atoms with Crippen LogP contribution in [0.1, 0.15) is 39.3 Å². The van der Waals surface area contributed by atoms with E-state index in [-0.39, 0.29) is 17.9 Å². The van der Waals surface area contributed by atoms with Gasteiger partial charge in [0, 0.05) is 0 Å². The highest BCUT2D eigenvalue weighted by atomic mass is 16.2.